The van der Waals surface area contributed by atoms with E-state index in [1.54, 1.807) is 6.07 Å². The van der Waals surface area contributed by atoms with Crippen LogP contribution in [0.15, 0.2) is 18.2 Å². The predicted octanol–water partition coefficient (Wildman–Crippen LogP) is 1.65. The Morgan fingerprint density at radius 1 is 1.57 bits per heavy atom. The van der Waals surface area contributed by atoms with E-state index in [2.05, 4.69) is 0 Å². The van der Waals surface area contributed by atoms with Crippen LogP contribution in [0, 0.1) is 15.9 Å². The first-order valence-corrected chi connectivity index (χ1v) is 4.07. The van der Waals surface area contributed by atoms with Gasteiger partial charge in [-0.25, -0.2) is 4.39 Å². The quantitative estimate of drug-likeness (QED) is 0.547. The van der Waals surface area contributed by atoms with Crippen LogP contribution in [-0.4, -0.2) is 18.6 Å². The summed E-state index contributed by atoms with van der Waals surface area (Å²) in [7, 11) is 1.44. The summed E-state index contributed by atoms with van der Waals surface area (Å²) in [6, 6.07) is 4.30. The zero-order chi connectivity index (χ0) is 10.6. The molecule has 0 spiro atoms. The largest absolute Gasteiger partial charge is 0.497 e. The Morgan fingerprint density at radius 2 is 2.29 bits per heavy atom. The summed E-state index contributed by atoms with van der Waals surface area (Å²) in [6.45, 7) is -0.261. The van der Waals surface area contributed by atoms with Crippen LogP contribution in [0.2, 0.25) is 0 Å². The topological polar surface area (TPSA) is 52.4 Å². The molecule has 0 atom stereocenters. The molecule has 5 heteroatoms. The van der Waals surface area contributed by atoms with Gasteiger partial charge in [-0.05, 0) is 11.6 Å². The Morgan fingerprint density at radius 3 is 2.79 bits per heavy atom. The molecule has 0 aliphatic carbocycles. The van der Waals surface area contributed by atoms with Crippen LogP contribution in [0.4, 0.5) is 4.39 Å². The highest BCUT2D eigenvalue weighted by molar-refractivity contribution is 5.28. The molecule has 0 aliphatic heterocycles. The SMILES string of the molecule is COc1ccc(CC[N+](=O)[O-])c(F)c1. The molecule has 0 bridgehead atoms. The summed E-state index contributed by atoms with van der Waals surface area (Å²) < 4.78 is 18.0. The number of hydrogen-bond donors (Lipinski definition) is 0. The standard InChI is InChI=1S/C9H10FNO3/c1-14-8-3-2-7(9(10)6-8)4-5-11(12)13/h2-3,6H,4-5H2,1H3. The molecule has 0 saturated heterocycles. The van der Waals surface area contributed by atoms with Crippen molar-refractivity contribution in [3.05, 3.63) is 39.7 Å². The lowest BCUT2D eigenvalue weighted by Gasteiger charge is -2.03. The Bertz CT molecular complexity index is 341. The molecule has 76 valence electrons. The van der Waals surface area contributed by atoms with Crippen molar-refractivity contribution in [1.29, 1.82) is 0 Å². The lowest BCUT2D eigenvalue weighted by molar-refractivity contribution is -0.479. The van der Waals surface area contributed by atoms with E-state index < -0.39 is 10.7 Å². The molecular formula is C9H10FNO3. The van der Waals surface area contributed by atoms with E-state index in [0.29, 0.717) is 11.3 Å². The fourth-order valence-corrected chi connectivity index (χ4v) is 1.07. The van der Waals surface area contributed by atoms with Crippen molar-refractivity contribution < 1.29 is 14.1 Å². The van der Waals surface area contributed by atoms with E-state index in [0.717, 1.165) is 0 Å². The molecule has 14 heavy (non-hydrogen) atoms. The number of benzene rings is 1. The first-order valence-electron chi connectivity index (χ1n) is 4.07. The van der Waals surface area contributed by atoms with Crippen LogP contribution in [0.25, 0.3) is 0 Å². The van der Waals surface area contributed by atoms with Gasteiger partial charge in [0.15, 0.2) is 0 Å². The average Bonchev–Trinajstić information content (AvgIpc) is 2.15. The third-order valence-corrected chi connectivity index (χ3v) is 1.82. The average molecular weight is 199 g/mol. The minimum atomic E-state index is -0.469. The molecule has 1 aromatic carbocycles. The maximum Gasteiger partial charge on any atom is 0.208 e. The van der Waals surface area contributed by atoms with Gasteiger partial charge < -0.3 is 4.74 Å². The fourth-order valence-electron chi connectivity index (χ4n) is 1.07. The highest BCUT2D eigenvalue weighted by Gasteiger charge is 2.06. The summed E-state index contributed by atoms with van der Waals surface area (Å²) in [4.78, 5) is 9.60. The van der Waals surface area contributed by atoms with Gasteiger partial charge in [0.1, 0.15) is 11.6 Å². The van der Waals surface area contributed by atoms with Crippen molar-refractivity contribution in [3.8, 4) is 5.75 Å². The maximum absolute atomic E-state index is 13.2. The third-order valence-electron chi connectivity index (χ3n) is 1.82. The molecule has 0 radical (unpaired) electrons. The van der Waals surface area contributed by atoms with Crippen LogP contribution >= 0.6 is 0 Å². The van der Waals surface area contributed by atoms with Crippen molar-refractivity contribution in [2.75, 3.05) is 13.7 Å². The Labute approximate surface area is 80.5 Å². The van der Waals surface area contributed by atoms with Gasteiger partial charge in [-0.15, -0.1) is 0 Å². The predicted molar refractivity (Wildman–Crippen MR) is 48.5 cm³/mol. The van der Waals surface area contributed by atoms with Gasteiger partial charge in [0.05, 0.1) is 7.11 Å². The van der Waals surface area contributed by atoms with E-state index >= 15 is 0 Å². The van der Waals surface area contributed by atoms with Crippen molar-refractivity contribution in [3.63, 3.8) is 0 Å². The van der Waals surface area contributed by atoms with Crippen LogP contribution in [0.5, 0.6) is 5.75 Å². The highest BCUT2D eigenvalue weighted by atomic mass is 19.1. The number of halogens is 1. The number of methoxy groups -OCH3 is 1. The van der Waals surface area contributed by atoms with Crippen molar-refractivity contribution in [2.45, 2.75) is 6.42 Å². The number of hydrogen-bond acceptors (Lipinski definition) is 3. The molecule has 0 aromatic heterocycles. The van der Waals surface area contributed by atoms with Gasteiger partial charge in [0.25, 0.3) is 0 Å². The van der Waals surface area contributed by atoms with E-state index in [-0.39, 0.29) is 13.0 Å². The molecule has 0 amide bonds. The summed E-state index contributed by atoms with van der Waals surface area (Å²) >= 11 is 0. The normalized spacial score (nSPS) is 9.86. The lowest BCUT2D eigenvalue weighted by atomic mass is 10.1. The van der Waals surface area contributed by atoms with Gasteiger partial charge in [0, 0.05) is 17.4 Å². The molecule has 0 unspecified atom stereocenters. The minimum absolute atomic E-state index is 0.100. The number of ether oxygens (including phenoxy) is 1. The van der Waals surface area contributed by atoms with E-state index in [1.165, 1.54) is 19.2 Å². The smallest absolute Gasteiger partial charge is 0.208 e. The summed E-state index contributed by atoms with van der Waals surface area (Å²) in [5, 5.41) is 10.1. The second-order valence-corrected chi connectivity index (χ2v) is 2.76. The van der Waals surface area contributed by atoms with Crippen LogP contribution in [0.3, 0.4) is 0 Å². The van der Waals surface area contributed by atoms with E-state index in [4.69, 9.17) is 4.74 Å². The summed E-state index contributed by atoms with van der Waals surface area (Å²) in [6.07, 6.45) is 0.100. The molecule has 0 saturated carbocycles. The first kappa shape index (κ1) is 10.4. The monoisotopic (exact) mass is 199 g/mol. The highest BCUT2D eigenvalue weighted by Crippen LogP contribution is 2.16. The summed E-state index contributed by atoms with van der Waals surface area (Å²) in [5.41, 5.74) is 0.336. The molecule has 4 nitrogen and oxygen atoms in total. The van der Waals surface area contributed by atoms with Crippen LogP contribution < -0.4 is 4.74 Å². The number of nitro groups is 1. The molecule has 0 N–H and O–H groups in total. The van der Waals surface area contributed by atoms with Gasteiger partial charge in [-0.2, -0.15) is 0 Å². The van der Waals surface area contributed by atoms with Crippen molar-refractivity contribution in [2.24, 2.45) is 0 Å². The maximum atomic E-state index is 13.2. The van der Waals surface area contributed by atoms with E-state index in [1.807, 2.05) is 0 Å². The Kier molecular flexibility index (Phi) is 3.39. The van der Waals surface area contributed by atoms with Crippen LogP contribution in [-0.2, 0) is 6.42 Å². The zero-order valence-corrected chi connectivity index (χ0v) is 7.70. The molecular weight excluding hydrogens is 189 g/mol. The Hall–Kier alpha value is -1.65. The van der Waals surface area contributed by atoms with Gasteiger partial charge in [-0.1, -0.05) is 6.07 Å². The van der Waals surface area contributed by atoms with Crippen molar-refractivity contribution in [1.82, 2.24) is 0 Å². The molecule has 1 rings (SSSR count). The van der Waals surface area contributed by atoms with Gasteiger partial charge in [-0.3, -0.25) is 10.1 Å². The Balaban J connectivity index is 2.73. The zero-order valence-electron chi connectivity index (χ0n) is 7.70. The second-order valence-electron chi connectivity index (χ2n) is 2.76. The van der Waals surface area contributed by atoms with Gasteiger partial charge in [0.2, 0.25) is 6.54 Å². The first-order chi connectivity index (χ1) is 6.63. The molecule has 0 fully saturated rings. The molecule has 0 aliphatic rings. The van der Waals surface area contributed by atoms with E-state index in [9.17, 15) is 14.5 Å². The second kappa shape index (κ2) is 4.55. The van der Waals surface area contributed by atoms with Gasteiger partial charge >= 0.3 is 0 Å². The lowest BCUT2D eigenvalue weighted by Crippen LogP contribution is -2.05. The molecule has 0 heterocycles. The van der Waals surface area contributed by atoms with Crippen LogP contribution in [0.1, 0.15) is 5.56 Å². The minimum Gasteiger partial charge on any atom is -0.497 e. The number of nitrogens with zero attached hydrogens (tertiary/aromatic N) is 1. The third kappa shape index (κ3) is 2.69. The molecule has 1 aromatic rings. The summed E-state index contributed by atoms with van der Waals surface area (Å²) in [5.74, 6) is -0.0569. The fraction of sp³-hybridized carbons (Fsp3) is 0.333. The number of rotatable bonds is 4. The van der Waals surface area contributed by atoms with Crippen molar-refractivity contribution >= 4 is 0 Å².